The zero-order valence-corrected chi connectivity index (χ0v) is 17.7. The van der Waals surface area contributed by atoms with Crippen molar-refractivity contribution in [2.45, 2.75) is 58.1 Å². The van der Waals surface area contributed by atoms with E-state index in [2.05, 4.69) is 23.3 Å². The van der Waals surface area contributed by atoms with Crippen molar-refractivity contribution in [2.24, 2.45) is 23.2 Å². The monoisotopic (exact) mass is 412 g/mol. The molecule has 1 aromatic heterocycles. The summed E-state index contributed by atoms with van der Waals surface area (Å²) >= 11 is 1.53. The summed E-state index contributed by atoms with van der Waals surface area (Å²) in [7, 11) is 0. The zero-order chi connectivity index (χ0) is 20.3. The molecular formula is C23H28N2O3S. The number of aromatic nitrogens is 1. The van der Waals surface area contributed by atoms with Gasteiger partial charge < -0.3 is 15.5 Å². The molecule has 0 amide bonds. The molecule has 4 unspecified atom stereocenters. The third kappa shape index (κ3) is 2.99. The van der Waals surface area contributed by atoms with Crippen LogP contribution in [0.15, 0.2) is 24.4 Å². The minimum Gasteiger partial charge on any atom is -0.508 e. The SMILES string of the molecule is Cc1cnc(NC(O)[C@H]2CC(=O)[C@@]3(C)CCC4c5ccc(O)cc5CCC4C23)s1. The van der Waals surface area contributed by atoms with Crippen LogP contribution < -0.4 is 5.32 Å². The number of anilines is 1. The van der Waals surface area contributed by atoms with Crippen molar-refractivity contribution < 1.29 is 15.0 Å². The van der Waals surface area contributed by atoms with E-state index in [1.807, 2.05) is 13.0 Å². The summed E-state index contributed by atoms with van der Waals surface area (Å²) in [6.07, 6.45) is 5.28. The molecule has 1 aromatic carbocycles. The van der Waals surface area contributed by atoms with Crippen molar-refractivity contribution in [3.05, 3.63) is 40.4 Å². The highest BCUT2D eigenvalue weighted by molar-refractivity contribution is 7.15. The van der Waals surface area contributed by atoms with Crippen molar-refractivity contribution in [1.29, 1.82) is 0 Å². The summed E-state index contributed by atoms with van der Waals surface area (Å²) in [4.78, 5) is 18.5. The molecular weight excluding hydrogens is 384 g/mol. The average molecular weight is 413 g/mol. The van der Waals surface area contributed by atoms with Crippen LogP contribution in [0.1, 0.15) is 54.5 Å². The predicted molar refractivity (Wildman–Crippen MR) is 113 cm³/mol. The summed E-state index contributed by atoms with van der Waals surface area (Å²) in [5, 5.41) is 24.8. The number of phenolic OH excluding ortho intramolecular Hbond substituents is 1. The maximum Gasteiger partial charge on any atom is 0.184 e. The van der Waals surface area contributed by atoms with Crippen LogP contribution in [0.2, 0.25) is 0 Å². The fourth-order valence-corrected chi connectivity index (χ4v) is 7.17. The van der Waals surface area contributed by atoms with Crippen LogP contribution in [0, 0.1) is 30.1 Å². The van der Waals surface area contributed by atoms with Crippen LogP contribution in [0.5, 0.6) is 5.75 Å². The number of ketones is 1. The van der Waals surface area contributed by atoms with E-state index in [1.165, 1.54) is 22.5 Å². The molecule has 5 nitrogen and oxygen atoms in total. The molecule has 0 radical (unpaired) electrons. The van der Waals surface area contributed by atoms with Crippen LogP contribution in [0.25, 0.3) is 0 Å². The predicted octanol–water partition coefficient (Wildman–Crippen LogP) is 4.24. The van der Waals surface area contributed by atoms with Gasteiger partial charge >= 0.3 is 0 Å². The summed E-state index contributed by atoms with van der Waals surface area (Å²) in [6, 6.07) is 5.76. The van der Waals surface area contributed by atoms with E-state index >= 15 is 0 Å². The lowest BCUT2D eigenvalue weighted by atomic mass is 9.54. The number of hydrogen-bond donors (Lipinski definition) is 3. The standard InChI is InChI=1S/C23H28N2O3S/c1-12-11-24-22(29-12)25-21(28)18-10-19(27)23(2)8-7-16-15-6-4-14(26)9-13(15)3-5-17(16)20(18)23/h4,6,9,11,16-18,20-21,26,28H,3,5,7-8,10H2,1-2H3,(H,24,25)/t16?,17?,18-,20?,21?,23+/m0/s1. The van der Waals surface area contributed by atoms with E-state index in [1.54, 1.807) is 12.3 Å². The maximum atomic E-state index is 13.1. The van der Waals surface area contributed by atoms with Gasteiger partial charge in [0, 0.05) is 28.8 Å². The molecule has 3 aliphatic carbocycles. The van der Waals surface area contributed by atoms with Crippen molar-refractivity contribution in [1.82, 2.24) is 4.98 Å². The Morgan fingerprint density at radius 1 is 1.34 bits per heavy atom. The molecule has 2 saturated carbocycles. The molecule has 3 aliphatic rings. The minimum atomic E-state index is -0.767. The third-order valence-corrected chi connectivity index (χ3v) is 8.62. The Morgan fingerprint density at radius 3 is 2.93 bits per heavy atom. The van der Waals surface area contributed by atoms with Gasteiger partial charge in [0.15, 0.2) is 5.13 Å². The summed E-state index contributed by atoms with van der Waals surface area (Å²) in [5.41, 5.74) is 2.23. The van der Waals surface area contributed by atoms with Crippen molar-refractivity contribution >= 4 is 22.3 Å². The second kappa shape index (κ2) is 6.81. The van der Waals surface area contributed by atoms with E-state index < -0.39 is 6.23 Å². The summed E-state index contributed by atoms with van der Waals surface area (Å²) in [6.45, 7) is 4.12. The summed E-state index contributed by atoms with van der Waals surface area (Å²) < 4.78 is 0. The number of nitrogens with zero attached hydrogens (tertiary/aromatic N) is 1. The first-order valence-electron chi connectivity index (χ1n) is 10.6. The fraction of sp³-hybridized carbons (Fsp3) is 0.565. The van der Waals surface area contributed by atoms with Gasteiger partial charge in [-0.1, -0.05) is 13.0 Å². The zero-order valence-electron chi connectivity index (χ0n) is 16.9. The Kier molecular flexibility index (Phi) is 4.48. The molecule has 0 bridgehead atoms. The smallest absolute Gasteiger partial charge is 0.184 e. The molecule has 0 aliphatic heterocycles. The highest BCUT2D eigenvalue weighted by Crippen LogP contribution is 2.62. The molecule has 2 aromatic rings. The number of fused-ring (bicyclic) bond motifs is 5. The quantitative estimate of drug-likeness (QED) is 0.657. The van der Waals surface area contributed by atoms with Gasteiger partial charge in [-0.25, -0.2) is 4.98 Å². The number of carbonyl (C=O) groups is 1. The van der Waals surface area contributed by atoms with Gasteiger partial charge in [0.25, 0.3) is 0 Å². The normalized spacial score (nSPS) is 34.2. The lowest BCUT2D eigenvalue weighted by molar-refractivity contribution is -0.129. The molecule has 6 atom stereocenters. The Hall–Kier alpha value is -1.92. The number of aryl methyl sites for hydroxylation is 2. The Balaban J connectivity index is 1.46. The van der Waals surface area contributed by atoms with Gasteiger partial charge in [0.2, 0.25) is 0 Å². The van der Waals surface area contributed by atoms with E-state index in [-0.39, 0.29) is 17.3 Å². The molecule has 154 valence electrons. The molecule has 5 rings (SSSR count). The Bertz CT molecular complexity index is 957. The summed E-state index contributed by atoms with van der Waals surface area (Å²) in [5.74, 6) is 1.49. The van der Waals surface area contributed by atoms with Gasteiger partial charge in [0.1, 0.15) is 17.8 Å². The van der Waals surface area contributed by atoms with Gasteiger partial charge in [-0.15, -0.1) is 11.3 Å². The molecule has 1 heterocycles. The number of aliphatic hydroxyl groups is 1. The van der Waals surface area contributed by atoms with Gasteiger partial charge in [-0.05, 0) is 73.6 Å². The molecule has 3 N–H and O–H groups in total. The van der Waals surface area contributed by atoms with Gasteiger partial charge in [-0.3, -0.25) is 4.79 Å². The number of rotatable bonds is 3. The number of Topliss-reactive ketones (excluding diaryl/α,β-unsaturated/α-hetero) is 1. The average Bonchev–Trinajstić information content (AvgIpc) is 3.21. The van der Waals surface area contributed by atoms with Crippen molar-refractivity contribution in [3.8, 4) is 5.75 Å². The Morgan fingerprint density at radius 2 is 2.17 bits per heavy atom. The first kappa shape index (κ1) is 19.1. The number of phenols is 1. The van der Waals surface area contributed by atoms with Crippen molar-refractivity contribution in [3.63, 3.8) is 0 Å². The minimum absolute atomic E-state index is 0.0943. The lowest BCUT2D eigenvalue weighted by Crippen LogP contribution is -2.47. The first-order valence-corrected chi connectivity index (χ1v) is 11.4. The first-order chi connectivity index (χ1) is 13.9. The van der Waals surface area contributed by atoms with Crippen LogP contribution in [-0.2, 0) is 11.2 Å². The molecule has 2 fully saturated rings. The van der Waals surface area contributed by atoms with E-state index in [4.69, 9.17) is 0 Å². The number of carbonyl (C=O) groups excluding carboxylic acids is 1. The molecule has 29 heavy (non-hydrogen) atoms. The maximum absolute atomic E-state index is 13.1. The second-order valence-corrected chi connectivity index (χ2v) is 10.6. The van der Waals surface area contributed by atoms with E-state index in [9.17, 15) is 15.0 Å². The highest BCUT2D eigenvalue weighted by atomic mass is 32.1. The fourth-order valence-electron chi connectivity index (χ4n) is 6.47. The van der Waals surface area contributed by atoms with Gasteiger partial charge in [-0.2, -0.15) is 0 Å². The number of nitrogens with one attached hydrogen (secondary N) is 1. The second-order valence-electron chi connectivity index (χ2n) is 9.33. The van der Waals surface area contributed by atoms with Crippen LogP contribution in [-0.4, -0.2) is 27.2 Å². The Labute approximate surface area is 175 Å². The van der Waals surface area contributed by atoms with Gasteiger partial charge in [0.05, 0.1) is 0 Å². The number of benzene rings is 1. The van der Waals surface area contributed by atoms with E-state index in [0.29, 0.717) is 34.9 Å². The van der Waals surface area contributed by atoms with Crippen LogP contribution >= 0.6 is 11.3 Å². The number of aromatic hydroxyl groups is 1. The number of hydrogen-bond acceptors (Lipinski definition) is 6. The van der Waals surface area contributed by atoms with E-state index in [0.717, 1.165) is 30.6 Å². The van der Waals surface area contributed by atoms with Crippen molar-refractivity contribution in [2.75, 3.05) is 5.32 Å². The topological polar surface area (TPSA) is 82.5 Å². The van der Waals surface area contributed by atoms with Crippen LogP contribution in [0.3, 0.4) is 0 Å². The number of thiazole rings is 1. The molecule has 0 spiro atoms. The third-order valence-electron chi connectivity index (χ3n) is 7.78. The molecule has 6 heteroatoms. The van der Waals surface area contributed by atoms with Crippen LogP contribution in [0.4, 0.5) is 5.13 Å². The highest BCUT2D eigenvalue weighted by Gasteiger charge is 2.60. The molecule has 0 saturated heterocycles. The largest absolute Gasteiger partial charge is 0.508 e. The number of aliphatic hydroxyl groups excluding tert-OH is 1. The lowest BCUT2D eigenvalue weighted by Gasteiger charge is -2.50.